The topological polar surface area (TPSA) is 76.1 Å². The Morgan fingerprint density at radius 3 is 1.17 bits per heavy atom. The molecule has 0 aromatic heterocycles. The van der Waals surface area contributed by atoms with Crippen molar-refractivity contribution in [1.82, 2.24) is 9.80 Å². The van der Waals surface area contributed by atoms with Gasteiger partial charge in [-0.25, -0.2) is 0 Å². The molecule has 0 saturated heterocycles. The molecular formula is C40H78N2O5. The molecule has 0 radical (unpaired) electrons. The van der Waals surface area contributed by atoms with E-state index >= 15 is 0 Å². The monoisotopic (exact) mass is 667 g/mol. The summed E-state index contributed by atoms with van der Waals surface area (Å²) in [6.07, 6.45) is 30.0. The minimum atomic E-state index is -0.0517. The molecule has 278 valence electrons. The summed E-state index contributed by atoms with van der Waals surface area (Å²) < 4.78 is 10.8. The quantitative estimate of drug-likeness (QED) is 0.0489. The first-order chi connectivity index (χ1) is 22.9. The summed E-state index contributed by atoms with van der Waals surface area (Å²) in [5.41, 5.74) is 0. The molecule has 7 heteroatoms. The molecule has 0 aliphatic heterocycles. The van der Waals surface area contributed by atoms with Crippen LogP contribution in [0.1, 0.15) is 194 Å². The summed E-state index contributed by atoms with van der Waals surface area (Å²) in [6, 6.07) is 0. The van der Waals surface area contributed by atoms with Gasteiger partial charge in [-0.05, 0) is 65.6 Å². The SMILES string of the molecule is CCCCCCCCCOC(=O)CCCCCCCN(CCCCCCCC(=O)OCCCCCCCCC)C(=O)CCCN(C)C. The van der Waals surface area contributed by atoms with Crippen LogP contribution in [0.25, 0.3) is 0 Å². The van der Waals surface area contributed by atoms with Crippen LogP contribution < -0.4 is 0 Å². The molecule has 7 nitrogen and oxygen atoms in total. The summed E-state index contributed by atoms with van der Waals surface area (Å²) >= 11 is 0. The van der Waals surface area contributed by atoms with Gasteiger partial charge in [-0.3, -0.25) is 14.4 Å². The van der Waals surface area contributed by atoms with E-state index in [0.717, 1.165) is 116 Å². The summed E-state index contributed by atoms with van der Waals surface area (Å²) in [5, 5.41) is 0. The lowest BCUT2D eigenvalue weighted by Crippen LogP contribution is -2.33. The number of hydrogen-bond acceptors (Lipinski definition) is 6. The fourth-order valence-electron chi connectivity index (χ4n) is 5.91. The minimum absolute atomic E-state index is 0.0517. The van der Waals surface area contributed by atoms with E-state index in [9.17, 15) is 14.4 Å². The van der Waals surface area contributed by atoms with Crippen LogP contribution in [0.4, 0.5) is 0 Å². The van der Waals surface area contributed by atoms with Gasteiger partial charge in [-0.2, -0.15) is 0 Å². The molecule has 0 rings (SSSR count). The van der Waals surface area contributed by atoms with Crippen LogP contribution in [-0.2, 0) is 23.9 Å². The second-order valence-corrected chi connectivity index (χ2v) is 14.0. The molecule has 1 amide bonds. The van der Waals surface area contributed by atoms with Crippen LogP contribution in [0.5, 0.6) is 0 Å². The van der Waals surface area contributed by atoms with Crippen molar-refractivity contribution in [2.45, 2.75) is 194 Å². The lowest BCUT2D eigenvalue weighted by Gasteiger charge is -2.23. The smallest absolute Gasteiger partial charge is 0.305 e. The van der Waals surface area contributed by atoms with E-state index in [1.54, 1.807) is 0 Å². The van der Waals surface area contributed by atoms with Gasteiger partial charge in [-0.1, -0.05) is 129 Å². The van der Waals surface area contributed by atoms with Gasteiger partial charge in [0.05, 0.1) is 13.2 Å². The second kappa shape index (κ2) is 35.7. The maximum absolute atomic E-state index is 13.0. The number of esters is 2. The van der Waals surface area contributed by atoms with Crippen molar-refractivity contribution in [1.29, 1.82) is 0 Å². The Bertz CT molecular complexity index is 669. The van der Waals surface area contributed by atoms with Gasteiger partial charge < -0.3 is 19.3 Å². The average molecular weight is 667 g/mol. The number of carbonyl (C=O) groups excluding carboxylic acids is 3. The molecule has 47 heavy (non-hydrogen) atoms. The molecule has 0 saturated carbocycles. The lowest BCUT2D eigenvalue weighted by molar-refractivity contribution is -0.144. The van der Waals surface area contributed by atoms with Gasteiger partial charge in [0.2, 0.25) is 5.91 Å². The number of ether oxygens (including phenoxy) is 2. The highest BCUT2D eigenvalue weighted by Crippen LogP contribution is 2.13. The van der Waals surface area contributed by atoms with Crippen LogP contribution in [0.3, 0.4) is 0 Å². The molecule has 0 atom stereocenters. The normalized spacial score (nSPS) is 11.3. The number of unbranched alkanes of at least 4 members (excludes halogenated alkanes) is 20. The molecule has 0 fully saturated rings. The van der Waals surface area contributed by atoms with E-state index in [0.29, 0.717) is 32.5 Å². The van der Waals surface area contributed by atoms with Gasteiger partial charge in [0.1, 0.15) is 0 Å². The first-order valence-corrected chi connectivity index (χ1v) is 20.1. The molecule has 0 aromatic rings. The predicted octanol–water partition coefficient (Wildman–Crippen LogP) is 10.4. The molecule has 0 aromatic carbocycles. The number of amides is 1. The zero-order chi connectivity index (χ0) is 34.6. The molecule has 0 aliphatic rings. The Morgan fingerprint density at radius 1 is 0.404 bits per heavy atom. The summed E-state index contributed by atoms with van der Waals surface area (Å²) in [6.45, 7) is 8.19. The van der Waals surface area contributed by atoms with Gasteiger partial charge in [0.15, 0.2) is 0 Å². The third kappa shape index (κ3) is 34.0. The van der Waals surface area contributed by atoms with Gasteiger partial charge in [0.25, 0.3) is 0 Å². The number of nitrogens with zero attached hydrogens (tertiary/aromatic N) is 2. The molecule has 0 N–H and O–H groups in total. The van der Waals surface area contributed by atoms with Crippen molar-refractivity contribution < 1.29 is 23.9 Å². The second-order valence-electron chi connectivity index (χ2n) is 14.0. The van der Waals surface area contributed by atoms with E-state index in [2.05, 4.69) is 37.7 Å². The van der Waals surface area contributed by atoms with Crippen LogP contribution >= 0.6 is 0 Å². The standard InChI is InChI=1S/C40H78N2O5/c1-5-7-9-11-13-21-27-36-46-39(44)31-23-17-15-19-25-34-42(38(43)30-29-33-41(3)4)35-26-20-16-18-24-32-40(45)47-37-28-22-14-12-10-8-6-2/h5-37H2,1-4H3. The largest absolute Gasteiger partial charge is 0.466 e. The van der Waals surface area contributed by atoms with Crippen LogP contribution in [0.15, 0.2) is 0 Å². The fourth-order valence-corrected chi connectivity index (χ4v) is 5.91. The lowest BCUT2D eigenvalue weighted by atomic mass is 10.1. The van der Waals surface area contributed by atoms with Crippen molar-refractivity contribution in [2.75, 3.05) is 46.9 Å². The Labute approximate surface area is 291 Å². The predicted molar refractivity (Wildman–Crippen MR) is 198 cm³/mol. The maximum Gasteiger partial charge on any atom is 0.305 e. The van der Waals surface area contributed by atoms with Gasteiger partial charge in [0, 0.05) is 32.4 Å². The number of carbonyl (C=O) groups is 3. The van der Waals surface area contributed by atoms with Gasteiger partial charge in [-0.15, -0.1) is 0 Å². The Kier molecular flexibility index (Phi) is 34.4. The Balaban J connectivity index is 4.00. The average Bonchev–Trinajstić information content (AvgIpc) is 3.05. The molecular weight excluding hydrogens is 588 g/mol. The first kappa shape index (κ1) is 45.4. The van der Waals surface area contributed by atoms with Gasteiger partial charge >= 0.3 is 11.9 Å². The van der Waals surface area contributed by atoms with E-state index in [-0.39, 0.29) is 17.8 Å². The maximum atomic E-state index is 13.0. The van der Waals surface area contributed by atoms with Crippen molar-refractivity contribution >= 4 is 17.8 Å². The molecule has 0 unspecified atom stereocenters. The minimum Gasteiger partial charge on any atom is -0.466 e. The zero-order valence-electron chi connectivity index (χ0n) is 31.8. The number of hydrogen-bond donors (Lipinski definition) is 0. The Morgan fingerprint density at radius 2 is 0.766 bits per heavy atom. The summed E-state index contributed by atoms with van der Waals surface area (Å²) in [7, 11) is 4.10. The van der Waals surface area contributed by atoms with Crippen LogP contribution in [-0.4, -0.2) is 74.6 Å². The molecule has 0 bridgehead atoms. The summed E-state index contributed by atoms with van der Waals surface area (Å²) in [5.74, 6) is 0.174. The van der Waals surface area contributed by atoms with E-state index in [1.807, 2.05) is 0 Å². The third-order valence-corrected chi connectivity index (χ3v) is 8.99. The molecule has 0 aliphatic carbocycles. The fraction of sp³-hybridized carbons (Fsp3) is 0.925. The highest BCUT2D eigenvalue weighted by molar-refractivity contribution is 5.76. The van der Waals surface area contributed by atoms with E-state index in [1.165, 1.54) is 64.2 Å². The molecule has 0 spiro atoms. The Hall–Kier alpha value is -1.63. The third-order valence-electron chi connectivity index (χ3n) is 8.99. The van der Waals surface area contributed by atoms with Crippen molar-refractivity contribution in [3.8, 4) is 0 Å². The van der Waals surface area contributed by atoms with E-state index < -0.39 is 0 Å². The zero-order valence-corrected chi connectivity index (χ0v) is 31.8. The highest BCUT2D eigenvalue weighted by Gasteiger charge is 2.13. The van der Waals surface area contributed by atoms with Crippen molar-refractivity contribution in [3.05, 3.63) is 0 Å². The first-order valence-electron chi connectivity index (χ1n) is 20.1. The number of rotatable bonds is 36. The summed E-state index contributed by atoms with van der Waals surface area (Å²) in [4.78, 5) is 41.2. The van der Waals surface area contributed by atoms with E-state index in [4.69, 9.17) is 9.47 Å². The molecule has 0 heterocycles. The van der Waals surface area contributed by atoms with Crippen molar-refractivity contribution in [2.24, 2.45) is 0 Å². The van der Waals surface area contributed by atoms with Crippen LogP contribution in [0, 0.1) is 0 Å². The van der Waals surface area contributed by atoms with Crippen molar-refractivity contribution in [3.63, 3.8) is 0 Å². The highest BCUT2D eigenvalue weighted by atomic mass is 16.5. The van der Waals surface area contributed by atoms with Crippen LogP contribution in [0.2, 0.25) is 0 Å².